The van der Waals surface area contributed by atoms with E-state index in [1.54, 1.807) is 24.3 Å². The Hall–Kier alpha value is -2.30. The molecule has 94 valence electrons. The second-order valence-corrected chi connectivity index (χ2v) is 3.84. The van der Waals surface area contributed by atoms with E-state index in [4.69, 9.17) is 4.74 Å². The Kier molecular flexibility index (Phi) is 3.96. The number of likely N-dealkylation sites (N-methyl/N-ethyl adjacent to an activating group) is 1. The van der Waals surface area contributed by atoms with E-state index in [0.717, 1.165) is 5.75 Å². The number of rotatable bonds is 4. The van der Waals surface area contributed by atoms with Crippen molar-refractivity contribution < 1.29 is 9.53 Å². The minimum Gasteiger partial charge on any atom is -0.492 e. The summed E-state index contributed by atoms with van der Waals surface area (Å²) in [7, 11) is 1.73. The highest BCUT2D eigenvalue weighted by Crippen LogP contribution is 2.07. The Balaban J connectivity index is 1.79. The summed E-state index contributed by atoms with van der Waals surface area (Å²) >= 11 is 0. The molecule has 2 aromatic rings. The third kappa shape index (κ3) is 3.10. The summed E-state index contributed by atoms with van der Waals surface area (Å²) in [5.74, 6) is 0.806. The van der Waals surface area contributed by atoms with Crippen molar-refractivity contribution >= 4 is 6.03 Å². The Labute approximate surface area is 106 Å². The molecule has 1 aromatic carbocycles. The largest absolute Gasteiger partial charge is 0.492 e. The van der Waals surface area contributed by atoms with Crippen LogP contribution in [0, 0.1) is 0 Å². The lowest BCUT2D eigenvalue weighted by Gasteiger charge is -2.17. The van der Waals surface area contributed by atoms with Crippen molar-refractivity contribution in [1.29, 1.82) is 0 Å². The minimum atomic E-state index is -0.121. The average molecular weight is 245 g/mol. The van der Waals surface area contributed by atoms with Crippen molar-refractivity contribution in [3.63, 3.8) is 0 Å². The van der Waals surface area contributed by atoms with E-state index < -0.39 is 0 Å². The fourth-order valence-electron chi connectivity index (χ4n) is 1.48. The third-order valence-electron chi connectivity index (χ3n) is 2.49. The number of ether oxygens (including phenoxy) is 1. The first-order valence-corrected chi connectivity index (χ1v) is 5.68. The van der Waals surface area contributed by atoms with Crippen molar-refractivity contribution in [2.75, 3.05) is 20.2 Å². The average Bonchev–Trinajstić information content (AvgIpc) is 2.93. The van der Waals surface area contributed by atoms with E-state index in [2.05, 4.69) is 4.98 Å². The Morgan fingerprint density at radius 2 is 2.17 bits per heavy atom. The molecule has 0 fully saturated rings. The van der Waals surface area contributed by atoms with Gasteiger partial charge in [-0.05, 0) is 12.1 Å². The number of benzene rings is 1. The smallest absolute Gasteiger partial charge is 0.329 e. The lowest BCUT2D eigenvalue weighted by Crippen LogP contribution is -2.33. The third-order valence-corrected chi connectivity index (χ3v) is 2.49. The van der Waals surface area contributed by atoms with Crippen LogP contribution >= 0.6 is 0 Å². The fourth-order valence-corrected chi connectivity index (χ4v) is 1.48. The standard InChI is InChI=1S/C13H15N3O2/c1-15(13(17)16-8-7-14-11-16)9-10-18-12-5-3-2-4-6-12/h2-8,11H,9-10H2,1H3. The topological polar surface area (TPSA) is 47.4 Å². The number of amides is 1. The molecule has 1 amide bonds. The Bertz CT molecular complexity index is 482. The van der Waals surface area contributed by atoms with Gasteiger partial charge in [-0.1, -0.05) is 18.2 Å². The molecule has 0 spiro atoms. The highest BCUT2D eigenvalue weighted by Gasteiger charge is 2.09. The van der Waals surface area contributed by atoms with Crippen LogP contribution in [0.25, 0.3) is 0 Å². The number of carbonyl (C=O) groups is 1. The number of para-hydroxylation sites is 1. The monoisotopic (exact) mass is 245 g/mol. The first-order chi connectivity index (χ1) is 8.77. The molecular formula is C13H15N3O2. The molecule has 0 unspecified atom stereocenters. The summed E-state index contributed by atoms with van der Waals surface area (Å²) in [6.07, 6.45) is 4.68. The van der Waals surface area contributed by atoms with Crippen LogP contribution in [0.1, 0.15) is 0 Å². The molecule has 0 aliphatic carbocycles. The predicted octanol–water partition coefficient (Wildman–Crippen LogP) is 1.86. The van der Waals surface area contributed by atoms with E-state index >= 15 is 0 Å². The number of hydrogen-bond acceptors (Lipinski definition) is 3. The van der Waals surface area contributed by atoms with Crippen molar-refractivity contribution in [2.45, 2.75) is 0 Å². The van der Waals surface area contributed by atoms with E-state index in [1.165, 1.54) is 10.9 Å². The molecule has 0 atom stereocenters. The maximum Gasteiger partial charge on any atom is 0.329 e. The minimum absolute atomic E-state index is 0.121. The second-order valence-electron chi connectivity index (χ2n) is 3.84. The van der Waals surface area contributed by atoms with Gasteiger partial charge in [-0.2, -0.15) is 0 Å². The van der Waals surface area contributed by atoms with Crippen LogP contribution in [-0.2, 0) is 0 Å². The first-order valence-electron chi connectivity index (χ1n) is 5.68. The number of nitrogens with zero attached hydrogens (tertiary/aromatic N) is 3. The fraction of sp³-hybridized carbons (Fsp3) is 0.231. The molecule has 0 saturated carbocycles. The predicted molar refractivity (Wildman–Crippen MR) is 67.6 cm³/mol. The van der Waals surface area contributed by atoms with Crippen molar-refractivity contribution in [1.82, 2.24) is 14.5 Å². The Morgan fingerprint density at radius 3 is 2.83 bits per heavy atom. The molecule has 5 heteroatoms. The Morgan fingerprint density at radius 1 is 1.39 bits per heavy atom. The maximum absolute atomic E-state index is 11.8. The summed E-state index contributed by atoms with van der Waals surface area (Å²) < 4.78 is 6.96. The van der Waals surface area contributed by atoms with E-state index in [-0.39, 0.29) is 6.03 Å². The van der Waals surface area contributed by atoms with Crippen LogP contribution in [0.15, 0.2) is 49.1 Å². The van der Waals surface area contributed by atoms with Crippen LogP contribution in [-0.4, -0.2) is 40.7 Å². The zero-order valence-electron chi connectivity index (χ0n) is 10.2. The van der Waals surface area contributed by atoms with Crippen LogP contribution in [0.2, 0.25) is 0 Å². The zero-order chi connectivity index (χ0) is 12.8. The molecule has 5 nitrogen and oxygen atoms in total. The van der Waals surface area contributed by atoms with Crippen molar-refractivity contribution in [2.24, 2.45) is 0 Å². The zero-order valence-corrected chi connectivity index (χ0v) is 10.2. The molecule has 0 N–H and O–H groups in total. The summed E-state index contributed by atoms with van der Waals surface area (Å²) in [6, 6.07) is 9.41. The molecule has 0 bridgehead atoms. The molecule has 1 heterocycles. The van der Waals surface area contributed by atoms with Crippen molar-refractivity contribution in [3.8, 4) is 5.75 Å². The summed E-state index contributed by atoms with van der Waals surface area (Å²) in [5.41, 5.74) is 0. The summed E-state index contributed by atoms with van der Waals surface area (Å²) in [4.78, 5) is 17.3. The highest BCUT2D eigenvalue weighted by atomic mass is 16.5. The second kappa shape index (κ2) is 5.86. The normalized spacial score (nSPS) is 10.1. The first kappa shape index (κ1) is 12.2. The lowest BCUT2D eigenvalue weighted by atomic mass is 10.3. The molecule has 1 aromatic heterocycles. The van der Waals surface area contributed by atoms with Crippen LogP contribution in [0.5, 0.6) is 5.75 Å². The summed E-state index contributed by atoms with van der Waals surface area (Å²) in [6.45, 7) is 0.979. The van der Waals surface area contributed by atoms with Gasteiger partial charge in [-0.3, -0.25) is 4.57 Å². The van der Waals surface area contributed by atoms with Gasteiger partial charge in [0, 0.05) is 19.4 Å². The van der Waals surface area contributed by atoms with Gasteiger partial charge in [0.1, 0.15) is 18.7 Å². The molecule has 0 aliphatic heterocycles. The number of imidazole rings is 1. The number of carbonyl (C=O) groups excluding carboxylic acids is 1. The SMILES string of the molecule is CN(CCOc1ccccc1)C(=O)n1ccnc1. The van der Waals surface area contributed by atoms with E-state index in [9.17, 15) is 4.79 Å². The lowest BCUT2D eigenvalue weighted by molar-refractivity contribution is 0.197. The highest BCUT2D eigenvalue weighted by molar-refractivity contribution is 5.76. The van der Waals surface area contributed by atoms with E-state index in [0.29, 0.717) is 13.2 Å². The van der Waals surface area contributed by atoms with Crippen LogP contribution in [0.4, 0.5) is 4.79 Å². The maximum atomic E-state index is 11.8. The van der Waals surface area contributed by atoms with Gasteiger partial charge in [0.25, 0.3) is 0 Å². The van der Waals surface area contributed by atoms with Gasteiger partial charge >= 0.3 is 6.03 Å². The van der Waals surface area contributed by atoms with Gasteiger partial charge in [0.2, 0.25) is 0 Å². The van der Waals surface area contributed by atoms with Gasteiger partial charge in [0.15, 0.2) is 0 Å². The van der Waals surface area contributed by atoms with E-state index in [1.807, 2.05) is 30.3 Å². The van der Waals surface area contributed by atoms with Gasteiger partial charge in [0.05, 0.1) is 6.54 Å². The number of hydrogen-bond donors (Lipinski definition) is 0. The molecule has 0 saturated heterocycles. The number of aromatic nitrogens is 2. The molecule has 18 heavy (non-hydrogen) atoms. The van der Waals surface area contributed by atoms with Gasteiger partial charge in [-0.15, -0.1) is 0 Å². The van der Waals surface area contributed by atoms with Crippen molar-refractivity contribution in [3.05, 3.63) is 49.1 Å². The molecule has 0 aliphatic rings. The van der Waals surface area contributed by atoms with Crippen LogP contribution in [0.3, 0.4) is 0 Å². The van der Waals surface area contributed by atoms with Gasteiger partial charge < -0.3 is 9.64 Å². The molecular weight excluding hydrogens is 230 g/mol. The quantitative estimate of drug-likeness (QED) is 0.826. The van der Waals surface area contributed by atoms with Crippen LogP contribution < -0.4 is 4.74 Å². The van der Waals surface area contributed by atoms with Gasteiger partial charge in [-0.25, -0.2) is 9.78 Å². The molecule has 2 rings (SSSR count). The molecule has 0 radical (unpaired) electrons. The summed E-state index contributed by atoms with van der Waals surface area (Å²) in [5, 5.41) is 0.